The fraction of sp³-hybridized carbons (Fsp3) is 0.273. The molecule has 0 amide bonds. The van der Waals surface area contributed by atoms with Gasteiger partial charge in [-0.3, -0.25) is 0 Å². The van der Waals surface area contributed by atoms with Gasteiger partial charge in [0.2, 0.25) is 0 Å². The average Bonchev–Trinajstić information content (AvgIpc) is 2.30. The smallest absolute Gasteiger partial charge is 0.387 e. The molecule has 1 aromatic rings. The monoisotopic (exact) mass is 237 g/mol. The Kier molecular flexibility index (Phi) is 5.35. The van der Waals surface area contributed by atoms with E-state index in [1.807, 2.05) is 0 Å². The summed E-state index contributed by atoms with van der Waals surface area (Å²) in [6, 6.07) is 6.26. The van der Waals surface area contributed by atoms with Gasteiger partial charge in [-0.05, 0) is 17.7 Å². The molecule has 0 radical (unpaired) electrons. The van der Waals surface area contributed by atoms with Gasteiger partial charge < -0.3 is 4.74 Å². The molecule has 0 bridgehead atoms. The summed E-state index contributed by atoms with van der Waals surface area (Å²) in [5.41, 5.74) is 8.42. The van der Waals surface area contributed by atoms with Gasteiger partial charge in [-0.25, -0.2) is 0 Å². The number of ether oxygens (including phenoxy) is 1. The van der Waals surface area contributed by atoms with Crippen LogP contribution in [0.3, 0.4) is 0 Å². The first kappa shape index (κ1) is 12.8. The molecular formula is C11H9F2N3O. The highest BCUT2D eigenvalue weighted by molar-refractivity contribution is 5.45. The van der Waals surface area contributed by atoms with Crippen molar-refractivity contribution in [3.05, 3.63) is 40.3 Å². The van der Waals surface area contributed by atoms with E-state index in [1.165, 1.54) is 6.07 Å². The number of benzene rings is 1. The van der Waals surface area contributed by atoms with Crippen LogP contribution < -0.4 is 4.74 Å². The molecule has 0 saturated carbocycles. The molecular weight excluding hydrogens is 228 g/mol. The third kappa shape index (κ3) is 4.87. The number of para-hydroxylation sites is 1. The van der Waals surface area contributed by atoms with E-state index in [4.69, 9.17) is 5.53 Å². The normalized spacial score (nSPS) is 9.12. The van der Waals surface area contributed by atoms with E-state index in [9.17, 15) is 8.78 Å². The van der Waals surface area contributed by atoms with Crippen molar-refractivity contribution in [1.82, 2.24) is 0 Å². The first-order valence-corrected chi connectivity index (χ1v) is 4.77. The predicted molar refractivity (Wildman–Crippen MR) is 58.6 cm³/mol. The van der Waals surface area contributed by atoms with Gasteiger partial charge in [0, 0.05) is 17.9 Å². The van der Waals surface area contributed by atoms with Crippen molar-refractivity contribution in [3.63, 3.8) is 0 Å². The lowest BCUT2D eigenvalue weighted by Crippen LogP contribution is -2.03. The highest BCUT2D eigenvalue weighted by Crippen LogP contribution is 2.18. The zero-order valence-corrected chi connectivity index (χ0v) is 8.81. The van der Waals surface area contributed by atoms with Crippen LogP contribution in [0.1, 0.15) is 12.0 Å². The van der Waals surface area contributed by atoms with Crippen LogP contribution in [0.4, 0.5) is 8.78 Å². The van der Waals surface area contributed by atoms with Gasteiger partial charge in [0.15, 0.2) is 0 Å². The summed E-state index contributed by atoms with van der Waals surface area (Å²) < 4.78 is 28.4. The van der Waals surface area contributed by atoms with Crippen molar-refractivity contribution in [2.45, 2.75) is 13.0 Å². The zero-order chi connectivity index (χ0) is 12.5. The molecule has 0 fully saturated rings. The number of hydrogen-bond donors (Lipinski definition) is 0. The summed E-state index contributed by atoms with van der Waals surface area (Å²) in [7, 11) is 0. The molecule has 0 atom stereocenters. The largest absolute Gasteiger partial charge is 0.434 e. The lowest BCUT2D eigenvalue weighted by Gasteiger charge is -2.05. The summed E-state index contributed by atoms with van der Waals surface area (Å²) in [6.07, 6.45) is 0.368. The summed E-state index contributed by atoms with van der Waals surface area (Å²) in [6.45, 7) is -2.62. The predicted octanol–water partition coefficient (Wildman–Crippen LogP) is 3.34. The highest BCUT2D eigenvalue weighted by atomic mass is 19.3. The van der Waals surface area contributed by atoms with Crippen LogP contribution in [0.2, 0.25) is 0 Å². The summed E-state index contributed by atoms with van der Waals surface area (Å²) in [4.78, 5) is 2.57. The topological polar surface area (TPSA) is 58.0 Å². The van der Waals surface area contributed by atoms with E-state index in [2.05, 4.69) is 26.6 Å². The third-order valence-corrected chi connectivity index (χ3v) is 1.73. The maximum atomic E-state index is 12.1. The summed E-state index contributed by atoms with van der Waals surface area (Å²) in [5.74, 6) is 5.44. The zero-order valence-electron chi connectivity index (χ0n) is 8.81. The van der Waals surface area contributed by atoms with E-state index >= 15 is 0 Å². The van der Waals surface area contributed by atoms with Crippen molar-refractivity contribution >= 4 is 0 Å². The van der Waals surface area contributed by atoms with Crippen LogP contribution in [0.25, 0.3) is 10.4 Å². The van der Waals surface area contributed by atoms with Crippen LogP contribution in [0.15, 0.2) is 29.4 Å². The van der Waals surface area contributed by atoms with Crippen molar-refractivity contribution < 1.29 is 13.5 Å². The number of halogens is 2. The third-order valence-electron chi connectivity index (χ3n) is 1.73. The van der Waals surface area contributed by atoms with Crippen LogP contribution in [-0.2, 0) is 0 Å². The molecule has 0 unspecified atom stereocenters. The minimum absolute atomic E-state index is 0.0405. The molecule has 0 heterocycles. The Morgan fingerprint density at radius 1 is 1.41 bits per heavy atom. The molecule has 0 spiro atoms. The van der Waals surface area contributed by atoms with Crippen LogP contribution in [-0.4, -0.2) is 13.2 Å². The van der Waals surface area contributed by atoms with E-state index in [0.29, 0.717) is 12.0 Å². The van der Waals surface area contributed by atoms with E-state index in [1.54, 1.807) is 18.2 Å². The molecule has 0 aromatic heterocycles. The second-order valence-corrected chi connectivity index (χ2v) is 2.88. The quantitative estimate of drug-likeness (QED) is 0.260. The standard InChI is InChI=1S/C11H9F2N3O/c12-11(13)17-10-7-2-1-5-9(10)6-3-4-8-15-16-14/h1-2,5,7,11H,4,8H2. The number of azide groups is 1. The van der Waals surface area contributed by atoms with Gasteiger partial charge in [0.05, 0.1) is 5.56 Å². The second-order valence-electron chi connectivity index (χ2n) is 2.88. The van der Waals surface area contributed by atoms with Gasteiger partial charge in [0.1, 0.15) is 5.75 Å². The Balaban J connectivity index is 2.72. The molecule has 1 aromatic carbocycles. The fourth-order valence-electron chi connectivity index (χ4n) is 1.08. The first-order chi connectivity index (χ1) is 8.24. The van der Waals surface area contributed by atoms with Crippen LogP contribution in [0, 0.1) is 11.8 Å². The van der Waals surface area contributed by atoms with E-state index in [-0.39, 0.29) is 12.3 Å². The maximum absolute atomic E-state index is 12.1. The average molecular weight is 237 g/mol. The molecule has 88 valence electrons. The summed E-state index contributed by atoms with van der Waals surface area (Å²) >= 11 is 0. The minimum atomic E-state index is -2.87. The van der Waals surface area contributed by atoms with Gasteiger partial charge >= 0.3 is 6.61 Å². The number of nitrogens with zero attached hydrogens (tertiary/aromatic N) is 3. The summed E-state index contributed by atoms with van der Waals surface area (Å²) in [5, 5.41) is 3.30. The first-order valence-electron chi connectivity index (χ1n) is 4.77. The molecule has 4 nitrogen and oxygen atoms in total. The Morgan fingerprint density at radius 3 is 2.88 bits per heavy atom. The highest BCUT2D eigenvalue weighted by Gasteiger charge is 2.06. The molecule has 0 saturated heterocycles. The number of rotatable bonds is 4. The van der Waals surface area contributed by atoms with Crippen molar-refractivity contribution in [2.75, 3.05) is 6.54 Å². The molecule has 0 aliphatic carbocycles. The van der Waals surface area contributed by atoms with Crippen LogP contribution in [0.5, 0.6) is 5.75 Å². The van der Waals surface area contributed by atoms with Crippen molar-refractivity contribution in [2.24, 2.45) is 5.11 Å². The molecule has 0 N–H and O–H groups in total. The Labute approximate surface area is 96.8 Å². The van der Waals surface area contributed by atoms with Gasteiger partial charge in [-0.1, -0.05) is 29.1 Å². The van der Waals surface area contributed by atoms with E-state index in [0.717, 1.165) is 0 Å². The number of alkyl halides is 2. The van der Waals surface area contributed by atoms with Crippen molar-refractivity contribution in [1.29, 1.82) is 0 Å². The minimum Gasteiger partial charge on any atom is -0.434 e. The maximum Gasteiger partial charge on any atom is 0.387 e. The van der Waals surface area contributed by atoms with Gasteiger partial charge in [-0.2, -0.15) is 8.78 Å². The molecule has 0 aliphatic rings. The lowest BCUT2D eigenvalue weighted by molar-refractivity contribution is -0.0500. The molecule has 0 aliphatic heterocycles. The second kappa shape index (κ2) is 7.09. The van der Waals surface area contributed by atoms with Gasteiger partial charge in [-0.15, -0.1) is 0 Å². The SMILES string of the molecule is [N-]=[N+]=NCCC#Cc1ccccc1OC(F)F. The fourth-order valence-corrected chi connectivity index (χ4v) is 1.08. The molecule has 6 heteroatoms. The van der Waals surface area contributed by atoms with E-state index < -0.39 is 6.61 Å². The molecule has 1 rings (SSSR count). The Bertz CT molecular complexity index is 473. The van der Waals surface area contributed by atoms with Crippen molar-refractivity contribution in [3.8, 4) is 17.6 Å². The Morgan fingerprint density at radius 2 is 2.18 bits per heavy atom. The Hall–Kier alpha value is -2.25. The number of hydrogen-bond acceptors (Lipinski definition) is 2. The lowest BCUT2D eigenvalue weighted by atomic mass is 10.2. The molecule has 17 heavy (non-hydrogen) atoms. The van der Waals surface area contributed by atoms with Crippen LogP contribution >= 0.6 is 0 Å². The van der Waals surface area contributed by atoms with Gasteiger partial charge in [0.25, 0.3) is 0 Å².